The van der Waals surface area contributed by atoms with Gasteiger partial charge in [0.2, 0.25) is 5.91 Å². The number of benzene rings is 1. The molecule has 1 aromatic carbocycles. The molecule has 21 heavy (non-hydrogen) atoms. The van der Waals surface area contributed by atoms with Gasteiger partial charge in [0, 0.05) is 0 Å². The molecule has 1 rings (SSSR count). The summed E-state index contributed by atoms with van der Waals surface area (Å²) in [5, 5.41) is 11.4. The molecule has 2 atom stereocenters. The number of carboxylic acids is 1. The molecule has 0 heterocycles. The van der Waals surface area contributed by atoms with Gasteiger partial charge in [0.1, 0.15) is 5.82 Å². The first-order valence-electron chi connectivity index (χ1n) is 6.64. The van der Waals surface area contributed by atoms with Crippen molar-refractivity contribution >= 4 is 11.9 Å². The number of nitrogens with one attached hydrogen (secondary N) is 1. The number of hydrogen-bond acceptors (Lipinski definition) is 3. The van der Waals surface area contributed by atoms with Crippen LogP contribution in [0.4, 0.5) is 4.39 Å². The zero-order valence-corrected chi connectivity index (χ0v) is 12.4. The number of carbonyl (C=O) groups is 2. The Morgan fingerprint density at radius 2 is 1.81 bits per heavy atom. The quantitative estimate of drug-likeness (QED) is 0.773. The molecule has 0 aliphatic rings. The Morgan fingerprint density at radius 3 is 2.24 bits per heavy atom. The number of amides is 1. The Kier molecular flexibility index (Phi) is 5.43. The Bertz CT molecular complexity index is 509. The third-order valence-electron chi connectivity index (χ3n) is 3.09. The van der Waals surface area contributed by atoms with Crippen molar-refractivity contribution in [3.63, 3.8) is 0 Å². The van der Waals surface area contributed by atoms with Crippen molar-refractivity contribution in [2.24, 2.45) is 11.1 Å². The van der Waals surface area contributed by atoms with Crippen molar-refractivity contribution in [3.8, 4) is 0 Å². The molecule has 0 aliphatic carbocycles. The summed E-state index contributed by atoms with van der Waals surface area (Å²) in [6.45, 7) is 5.76. The Hall–Kier alpha value is -1.95. The van der Waals surface area contributed by atoms with Crippen LogP contribution >= 0.6 is 0 Å². The molecular weight excluding hydrogens is 275 g/mol. The fraction of sp³-hybridized carbons (Fsp3) is 0.467. The summed E-state index contributed by atoms with van der Waals surface area (Å²) in [6, 6.07) is 4.30. The lowest BCUT2D eigenvalue weighted by atomic mass is 9.82. The lowest BCUT2D eigenvalue weighted by Crippen LogP contribution is -2.46. The third kappa shape index (κ3) is 5.15. The van der Waals surface area contributed by atoms with Crippen molar-refractivity contribution in [2.75, 3.05) is 0 Å². The number of hydrogen-bond donors (Lipinski definition) is 3. The number of aliphatic carboxylic acids is 1. The van der Waals surface area contributed by atoms with E-state index in [1.807, 2.05) is 20.8 Å². The fourth-order valence-corrected chi connectivity index (χ4v) is 1.99. The second-order valence-electron chi connectivity index (χ2n) is 6.06. The van der Waals surface area contributed by atoms with Crippen molar-refractivity contribution < 1.29 is 19.1 Å². The zero-order chi connectivity index (χ0) is 16.2. The number of rotatable bonds is 5. The van der Waals surface area contributed by atoms with Crippen LogP contribution in [0.3, 0.4) is 0 Å². The molecular formula is C15H21FN2O3. The molecule has 0 saturated carbocycles. The number of carbonyl (C=O) groups excluding carboxylic acids is 1. The van der Waals surface area contributed by atoms with Crippen LogP contribution in [0.5, 0.6) is 0 Å². The summed E-state index contributed by atoms with van der Waals surface area (Å²) in [5.74, 6) is -2.03. The monoisotopic (exact) mass is 296 g/mol. The summed E-state index contributed by atoms with van der Waals surface area (Å²) >= 11 is 0. The highest BCUT2D eigenvalue weighted by atomic mass is 19.1. The van der Waals surface area contributed by atoms with E-state index in [9.17, 15) is 14.0 Å². The van der Waals surface area contributed by atoms with Crippen molar-refractivity contribution in [1.82, 2.24) is 5.32 Å². The van der Waals surface area contributed by atoms with E-state index in [1.54, 1.807) is 12.1 Å². The van der Waals surface area contributed by atoms with Gasteiger partial charge < -0.3 is 16.2 Å². The molecule has 0 aliphatic heterocycles. The van der Waals surface area contributed by atoms with Gasteiger partial charge >= 0.3 is 5.97 Å². The largest absolute Gasteiger partial charge is 0.481 e. The summed E-state index contributed by atoms with van der Waals surface area (Å²) in [6.07, 6.45) is -0.438. The minimum absolute atomic E-state index is 0.337. The molecule has 1 aromatic rings. The van der Waals surface area contributed by atoms with E-state index in [-0.39, 0.29) is 11.2 Å². The Balaban J connectivity index is 2.92. The highest BCUT2D eigenvalue weighted by molar-refractivity contribution is 5.86. The second-order valence-corrected chi connectivity index (χ2v) is 6.06. The van der Waals surface area contributed by atoms with Crippen LogP contribution in [-0.4, -0.2) is 23.0 Å². The van der Waals surface area contributed by atoms with Gasteiger partial charge in [-0.25, -0.2) is 4.39 Å². The summed E-state index contributed by atoms with van der Waals surface area (Å²) < 4.78 is 13.0. The van der Waals surface area contributed by atoms with Gasteiger partial charge in [-0.1, -0.05) is 32.9 Å². The first-order chi connectivity index (χ1) is 9.61. The zero-order valence-electron chi connectivity index (χ0n) is 12.4. The Morgan fingerprint density at radius 1 is 1.29 bits per heavy atom. The van der Waals surface area contributed by atoms with E-state index >= 15 is 0 Å². The molecule has 116 valence electrons. The summed E-state index contributed by atoms with van der Waals surface area (Å²) in [5.41, 5.74) is 5.96. The standard InChI is InChI=1S/C15H21FN2O3/c1-15(2,3)13(9-4-6-10(16)7-5-9)18-14(21)11(17)8-12(19)20/h4-7,11,13H,8,17H2,1-3H3,(H,18,21)(H,19,20). The predicted molar refractivity (Wildman–Crippen MR) is 77.0 cm³/mol. The molecule has 0 saturated heterocycles. The van der Waals surface area contributed by atoms with E-state index in [0.717, 1.165) is 5.56 Å². The van der Waals surface area contributed by atoms with E-state index in [4.69, 9.17) is 10.8 Å². The van der Waals surface area contributed by atoms with Crippen LogP contribution in [0, 0.1) is 11.2 Å². The molecule has 1 amide bonds. The minimum atomic E-state index is -1.13. The smallest absolute Gasteiger partial charge is 0.305 e. The van der Waals surface area contributed by atoms with Gasteiger partial charge in [0.05, 0.1) is 18.5 Å². The topological polar surface area (TPSA) is 92.4 Å². The molecule has 2 unspecified atom stereocenters. The summed E-state index contributed by atoms with van der Waals surface area (Å²) in [4.78, 5) is 22.6. The van der Waals surface area contributed by atoms with E-state index in [0.29, 0.717) is 0 Å². The number of nitrogens with two attached hydrogens (primary N) is 1. The average Bonchev–Trinajstić information content (AvgIpc) is 2.34. The summed E-state index contributed by atoms with van der Waals surface area (Å²) in [7, 11) is 0. The number of carboxylic acid groups (broad SMARTS) is 1. The third-order valence-corrected chi connectivity index (χ3v) is 3.09. The maximum atomic E-state index is 13.0. The average molecular weight is 296 g/mol. The molecule has 0 bridgehead atoms. The maximum Gasteiger partial charge on any atom is 0.305 e. The van der Waals surface area contributed by atoms with Crippen LogP contribution in [0.25, 0.3) is 0 Å². The minimum Gasteiger partial charge on any atom is -0.481 e. The maximum absolute atomic E-state index is 13.0. The van der Waals surface area contributed by atoms with Crippen molar-refractivity contribution in [3.05, 3.63) is 35.6 Å². The lowest BCUT2D eigenvalue weighted by molar-refractivity contribution is -0.139. The second kappa shape index (κ2) is 6.67. The van der Waals surface area contributed by atoms with Crippen molar-refractivity contribution in [2.45, 2.75) is 39.3 Å². The molecule has 0 aromatic heterocycles. The van der Waals surface area contributed by atoms with Crippen LogP contribution in [0.1, 0.15) is 38.8 Å². The van der Waals surface area contributed by atoms with Crippen LogP contribution in [0.15, 0.2) is 24.3 Å². The highest BCUT2D eigenvalue weighted by Crippen LogP contribution is 2.32. The van der Waals surface area contributed by atoms with Crippen molar-refractivity contribution in [1.29, 1.82) is 0 Å². The normalized spacial score (nSPS) is 14.3. The highest BCUT2D eigenvalue weighted by Gasteiger charge is 2.29. The van der Waals surface area contributed by atoms with Crippen LogP contribution < -0.4 is 11.1 Å². The SMILES string of the molecule is CC(C)(C)C(NC(=O)C(N)CC(=O)O)c1ccc(F)cc1. The van der Waals surface area contributed by atoms with E-state index < -0.39 is 30.4 Å². The van der Waals surface area contributed by atoms with E-state index in [1.165, 1.54) is 12.1 Å². The predicted octanol–water partition coefficient (Wildman–Crippen LogP) is 1.83. The Labute approximate surface area is 123 Å². The van der Waals surface area contributed by atoms with Crippen LogP contribution in [0.2, 0.25) is 0 Å². The number of halogens is 1. The fourth-order valence-electron chi connectivity index (χ4n) is 1.99. The van der Waals surface area contributed by atoms with Gasteiger partial charge in [0.25, 0.3) is 0 Å². The first-order valence-corrected chi connectivity index (χ1v) is 6.64. The first kappa shape index (κ1) is 17.1. The molecule has 0 fully saturated rings. The molecule has 0 radical (unpaired) electrons. The molecule has 4 N–H and O–H groups in total. The van der Waals surface area contributed by atoms with E-state index in [2.05, 4.69) is 5.32 Å². The van der Waals surface area contributed by atoms with Gasteiger partial charge in [-0.15, -0.1) is 0 Å². The molecule has 5 nitrogen and oxygen atoms in total. The lowest BCUT2D eigenvalue weighted by Gasteiger charge is -2.32. The van der Waals surface area contributed by atoms with Gasteiger partial charge in [-0.2, -0.15) is 0 Å². The van der Waals surface area contributed by atoms with Crippen LogP contribution in [-0.2, 0) is 9.59 Å². The van der Waals surface area contributed by atoms with Gasteiger partial charge in [-0.05, 0) is 23.1 Å². The van der Waals surface area contributed by atoms with Gasteiger partial charge in [-0.3, -0.25) is 9.59 Å². The van der Waals surface area contributed by atoms with Gasteiger partial charge in [0.15, 0.2) is 0 Å². The molecule has 6 heteroatoms. The molecule has 0 spiro atoms.